The number of carbonyl (C=O) groups excluding carboxylic acids is 2. The predicted octanol–water partition coefficient (Wildman–Crippen LogP) is 5.96. The Labute approximate surface area is 230 Å². The van der Waals surface area contributed by atoms with Gasteiger partial charge in [0, 0.05) is 43.5 Å². The van der Waals surface area contributed by atoms with Gasteiger partial charge in [0.25, 0.3) is 0 Å². The summed E-state index contributed by atoms with van der Waals surface area (Å²) < 4.78 is 43.1. The van der Waals surface area contributed by atoms with E-state index >= 15 is 0 Å². The smallest absolute Gasteiger partial charge is 0.354 e. The van der Waals surface area contributed by atoms with Crippen LogP contribution in [0.5, 0.6) is 0 Å². The second kappa shape index (κ2) is 10.4. The van der Waals surface area contributed by atoms with Gasteiger partial charge >= 0.3 is 6.18 Å². The lowest BCUT2D eigenvalue weighted by atomic mass is 9.94. The van der Waals surface area contributed by atoms with Gasteiger partial charge < -0.3 is 15.1 Å². The highest BCUT2D eigenvalue weighted by Gasteiger charge is 2.47. The molecule has 3 aliphatic rings. The third kappa shape index (κ3) is 5.36. The van der Waals surface area contributed by atoms with E-state index in [0.717, 1.165) is 52.9 Å². The van der Waals surface area contributed by atoms with Crippen LogP contribution in [0.15, 0.2) is 48.8 Å². The van der Waals surface area contributed by atoms with Crippen LogP contribution in [0.4, 0.5) is 24.5 Å². The molecule has 1 saturated heterocycles. The molecule has 0 spiro atoms. The Balaban J connectivity index is 1.20. The van der Waals surface area contributed by atoms with Gasteiger partial charge in [0.2, 0.25) is 11.8 Å². The molecule has 2 aliphatic carbocycles. The number of anilines is 2. The van der Waals surface area contributed by atoms with Gasteiger partial charge in [-0.15, -0.1) is 0 Å². The highest BCUT2D eigenvalue weighted by atomic mass is 19.4. The molecule has 2 aromatic heterocycles. The number of hydrogen-bond acceptors (Lipinski definition) is 5. The van der Waals surface area contributed by atoms with Gasteiger partial charge in [-0.25, -0.2) is 0 Å². The molecule has 0 bridgehead atoms. The van der Waals surface area contributed by atoms with Crippen molar-refractivity contribution in [3.8, 4) is 0 Å². The average Bonchev–Trinajstić information content (AvgIpc) is 3.87. The molecule has 7 nitrogen and oxygen atoms in total. The number of alkyl halides is 3. The van der Waals surface area contributed by atoms with E-state index in [1.165, 1.54) is 19.2 Å². The normalized spacial score (nSPS) is 20.3. The number of rotatable bonds is 7. The van der Waals surface area contributed by atoms with E-state index in [-0.39, 0.29) is 23.9 Å². The molecule has 1 unspecified atom stereocenters. The van der Waals surface area contributed by atoms with Gasteiger partial charge in [-0.05, 0) is 74.3 Å². The van der Waals surface area contributed by atoms with Gasteiger partial charge in [0.15, 0.2) is 6.04 Å². The molecule has 2 atom stereocenters. The first-order valence-corrected chi connectivity index (χ1v) is 13.9. The summed E-state index contributed by atoms with van der Waals surface area (Å²) in [5.41, 5.74) is 4.13. The molecule has 1 aliphatic heterocycles. The number of likely N-dealkylation sites (tertiary alicyclic amines) is 1. The standard InChI is InChI=1S/C30H32F3N5O2/c1-37(28(39)21-4-3-15-38(17-21)29(40)20-8-9-20)27(30(31,32)33)19-10-12-22(13-11-19)36-24-16-35-23-5-2-14-34-26(23)25(24)18-6-7-18/h2,5,10-14,16,18,20-21,27,36H,3-4,6-9,15,17H2,1H3/t21?,27-/m0/s1. The second-order valence-electron chi connectivity index (χ2n) is 11.3. The Morgan fingerprint density at radius 2 is 1.77 bits per heavy atom. The second-order valence-corrected chi connectivity index (χ2v) is 11.3. The predicted molar refractivity (Wildman–Crippen MR) is 145 cm³/mol. The number of halogens is 3. The minimum Gasteiger partial charge on any atom is -0.354 e. The van der Waals surface area contributed by atoms with Gasteiger partial charge in [0.05, 0.1) is 28.8 Å². The Morgan fingerprint density at radius 1 is 1.02 bits per heavy atom. The summed E-state index contributed by atoms with van der Waals surface area (Å²) in [5, 5.41) is 3.32. The van der Waals surface area contributed by atoms with Gasteiger partial charge in [-0.3, -0.25) is 19.6 Å². The van der Waals surface area contributed by atoms with Gasteiger partial charge in [-0.2, -0.15) is 13.2 Å². The maximum atomic E-state index is 14.4. The number of benzene rings is 1. The first kappa shape index (κ1) is 26.5. The monoisotopic (exact) mass is 551 g/mol. The zero-order chi connectivity index (χ0) is 28.0. The largest absolute Gasteiger partial charge is 0.413 e. The summed E-state index contributed by atoms with van der Waals surface area (Å²) in [4.78, 5) is 37.3. The zero-order valence-corrected chi connectivity index (χ0v) is 22.3. The number of hydrogen-bond donors (Lipinski definition) is 1. The van der Waals surface area contributed by atoms with Crippen molar-refractivity contribution in [2.75, 3.05) is 25.5 Å². The first-order chi connectivity index (χ1) is 19.2. The van der Waals surface area contributed by atoms with Crippen LogP contribution in [0.2, 0.25) is 0 Å². The Hall–Kier alpha value is -3.69. The van der Waals surface area contributed by atoms with Crippen molar-refractivity contribution in [2.24, 2.45) is 11.8 Å². The number of piperidine rings is 1. The van der Waals surface area contributed by atoms with Crippen molar-refractivity contribution in [1.82, 2.24) is 19.8 Å². The molecule has 3 fully saturated rings. The van der Waals surface area contributed by atoms with E-state index in [1.807, 2.05) is 12.1 Å². The molecule has 2 saturated carbocycles. The van der Waals surface area contributed by atoms with Crippen LogP contribution >= 0.6 is 0 Å². The molecule has 210 valence electrons. The van der Waals surface area contributed by atoms with Crippen molar-refractivity contribution >= 4 is 34.2 Å². The van der Waals surface area contributed by atoms with Crippen LogP contribution in [0.1, 0.15) is 61.6 Å². The van der Waals surface area contributed by atoms with Crippen LogP contribution in [0, 0.1) is 11.8 Å². The molecular weight excluding hydrogens is 519 g/mol. The average molecular weight is 552 g/mol. The summed E-state index contributed by atoms with van der Waals surface area (Å²) >= 11 is 0. The lowest BCUT2D eigenvalue weighted by Gasteiger charge is -2.37. The van der Waals surface area contributed by atoms with Gasteiger partial charge in [-0.1, -0.05) is 12.1 Å². The molecule has 40 heavy (non-hydrogen) atoms. The summed E-state index contributed by atoms with van der Waals surface area (Å²) in [6.45, 7) is 0.745. The lowest BCUT2D eigenvalue weighted by Crippen LogP contribution is -2.49. The molecule has 3 aromatic rings. The lowest BCUT2D eigenvalue weighted by molar-refractivity contribution is -0.191. The molecular formula is C30H32F3N5O2. The summed E-state index contributed by atoms with van der Waals surface area (Å²) in [6.07, 6.45) is 3.73. The van der Waals surface area contributed by atoms with Crippen LogP contribution in [-0.4, -0.2) is 57.9 Å². The third-order valence-corrected chi connectivity index (χ3v) is 8.21. The van der Waals surface area contributed by atoms with Gasteiger partial charge in [0.1, 0.15) is 0 Å². The minimum atomic E-state index is -4.66. The molecule has 2 amide bonds. The van der Waals surface area contributed by atoms with Crippen molar-refractivity contribution < 1.29 is 22.8 Å². The highest BCUT2D eigenvalue weighted by Crippen LogP contribution is 2.46. The number of nitrogens with one attached hydrogen (secondary N) is 1. The Kier molecular flexibility index (Phi) is 6.88. The summed E-state index contributed by atoms with van der Waals surface area (Å²) in [6, 6.07) is 7.70. The number of nitrogens with zero attached hydrogens (tertiary/aromatic N) is 4. The fourth-order valence-corrected chi connectivity index (χ4v) is 5.84. The van der Waals surface area contributed by atoms with E-state index in [2.05, 4.69) is 15.3 Å². The molecule has 10 heteroatoms. The number of amides is 2. The maximum Gasteiger partial charge on any atom is 0.413 e. The molecule has 0 radical (unpaired) electrons. The summed E-state index contributed by atoms with van der Waals surface area (Å²) in [5.74, 6) is -0.794. The number of fused-ring (bicyclic) bond motifs is 1. The molecule has 3 heterocycles. The fourth-order valence-electron chi connectivity index (χ4n) is 5.84. The Bertz CT molecular complexity index is 1420. The van der Waals surface area contributed by atoms with E-state index in [9.17, 15) is 22.8 Å². The van der Waals surface area contributed by atoms with Crippen LogP contribution < -0.4 is 5.32 Å². The van der Waals surface area contributed by atoms with Crippen molar-refractivity contribution in [2.45, 2.75) is 56.7 Å². The number of carbonyl (C=O) groups is 2. The highest BCUT2D eigenvalue weighted by molar-refractivity contribution is 5.86. The first-order valence-electron chi connectivity index (χ1n) is 13.9. The van der Waals surface area contributed by atoms with Crippen molar-refractivity contribution in [3.63, 3.8) is 0 Å². The van der Waals surface area contributed by atoms with Crippen LogP contribution in [0.25, 0.3) is 11.0 Å². The SMILES string of the molecule is CN(C(=O)C1CCCN(C(=O)C2CC2)C1)[C@@H](c1ccc(Nc2cnc3cccnc3c2C2CC2)cc1)C(F)(F)F. The zero-order valence-electron chi connectivity index (χ0n) is 22.3. The van der Waals surface area contributed by atoms with Crippen molar-refractivity contribution in [1.29, 1.82) is 0 Å². The molecule has 1 N–H and O–H groups in total. The molecule has 6 rings (SSSR count). The van der Waals surface area contributed by atoms with Crippen LogP contribution in [-0.2, 0) is 9.59 Å². The van der Waals surface area contributed by atoms with E-state index in [4.69, 9.17) is 0 Å². The fraction of sp³-hybridized carbons (Fsp3) is 0.467. The minimum absolute atomic E-state index is 0.0173. The summed E-state index contributed by atoms with van der Waals surface area (Å²) in [7, 11) is 1.21. The number of pyridine rings is 2. The molecule has 1 aromatic carbocycles. The van der Waals surface area contributed by atoms with E-state index < -0.39 is 24.0 Å². The number of aromatic nitrogens is 2. The topological polar surface area (TPSA) is 78.4 Å². The Morgan fingerprint density at radius 3 is 2.45 bits per heavy atom. The quantitative estimate of drug-likeness (QED) is 0.392. The van der Waals surface area contributed by atoms with E-state index in [1.54, 1.807) is 29.4 Å². The van der Waals surface area contributed by atoms with Crippen molar-refractivity contribution in [3.05, 3.63) is 59.9 Å². The van der Waals surface area contributed by atoms with E-state index in [0.29, 0.717) is 31.0 Å². The van der Waals surface area contributed by atoms with Crippen LogP contribution in [0.3, 0.4) is 0 Å². The third-order valence-electron chi connectivity index (χ3n) is 8.21. The maximum absolute atomic E-state index is 14.4.